The average Bonchev–Trinajstić information content (AvgIpc) is 3.04. The molecule has 1 unspecified atom stereocenters. The highest BCUT2D eigenvalue weighted by atomic mass is 32.1. The lowest BCUT2D eigenvalue weighted by Crippen LogP contribution is -2.34. The number of benzene rings is 1. The van der Waals surface area contributed by atoms with E-state index in [0.717, 1.165) is 24.0 Å². The van der Waals surface area contributed by atoms with E-state index in [1.807, 2.05) is 0 Å². The number of hydrogen-bond donors (Lipinski definition) is 2. The molecule has 7 nitrogen and oxygen atoms in total. The third kappa shape index (κ3) is 4.14. The van der Waals surface area contributed by atoms with Gasteiger partial charge in [0.05, 0.1) is 7.11 Å². The van der Waals surface area contributed by atoms with Crippen LogP contribution in [0.4, 0.5) is 20.7 Å². The maximum absolute atomic E-state index is 12.0. The van der Waals surface area contributed by atoms with Crippen molar-refractivity contribution >= 4 is 33.3 Å². The smallest absolute Gasteiger partial charge is 0.325 e. The van der Waals surface area contributed by atoms with Crippen LogP contribution >= 0.6 is 11.3 Å². The summed E-state index contributed by atoms with van der Waals surface area (Å²) < 4.78 is 5.09. The Morgan fingerprint density at radius 3 is 2.79 bits per heavy atom. The second-order valence-electron chi connectivity index (χ2n) is 5.89. The zero-order valence-electron chi connectivity index (χ0n) is 13.8. The number of carbonyl (C=O) groups excluding carboxylic acids is 1. The second-order valence-corrected chi connectivity index (χ2v) is 6.85. The number of ether oxygens (including phenoxy) is 1. The Morgan fingerprint density at radius 1 is 1.29 bits per heavy atom. The Balaban J connectivity index is 1.56. The van der Waals surface area contributed by atoms with Crippen LogP contribution in [0.5, 0.6) is 5.75 Å². The van der Waals surface area contributed by atoms with Gasteiger partial charge in [0.25, 0.3) is 0 Å². The molecule has 1 aliphatic rings. The summed E-state index contributed by atoms with van der Waals surface area (Å²) in [6.45, 7) is 4.23. The molecule has 1 aromatic heterocycles. The van der Waals surface area contributed by atoms with Gasteiger partial charge in [-0.2, -0.15) is 0 Å². The number of methoxy groups -OCH3 is 1. The summed E-state index contributed by atoms with van der Waals surface area (Å²) in [5.74, 6) is 1.41. The van der Waals surface area contributed by atoms with Crippen molar-refractivity contribution in [1.29, 1.82) is 0 Å². The van der Waals surface area contributed by atoms with E-state index in [9.17, 15) is 4.79 Å². The molecule has 0 aliphatic carbocycles. The molecule has 8 heteroatoms. The number of piperidine rings is 1. The van der Waals surface area contributed by atoms with Crippen molar-refractivity contribution in [2.45, 2.75) is 19.8 Å². The van der Waals surface area contributed by atoms with Crippen molar-refractivity contribution in [2.24, 2.45) is 5.92 Å². The molecule has 128 valence electrons. The molecule has 1 saturated heterocycles. The molecule has 1 aliphatic heterocycles. The first kappa shape index (κ1) is 16.5. The summed E-state index contributed by atoms with van der Waals surface area (Å²) in [4.78, 5) is 14.3. The highest BCUT2D eigenvalue weighted by Crippen LogP contribution is 2.28. The fourth-order valence-electron chi connectivity index (χ4n) is 2.69. The van der Waals surface area contributed by atoms with Gasteiger partial charge in [0, 0.05) is 18.8 Å². The normalized spacial score (nSPS) is 17.4. The molecule has 2 aromatic rings. The van der Waals surface area contributed by atoms with E-state index in [4.69, 9.17) is 4.74 Å². The van der Waals surface area contributed by atoms with Gasteiger partial charge < -0.3 is 15.0 Å². The Morgan fingerprint density at radius 2 is 2.08 bits per heavy atom. The lowest BCUT2D eigenvalue weighted by Gasteiger charge is -2.29. The van der Waals surface area contributed by atoms with Gasteiger partial charge >= 0.3 is 6.03 Å². The number of hydrogen-bond acceptors (Lipinski definition) is 6. The van der Waals surface area contributed by atoms with Gasteiger partial charge in [-0.1, -0.05) is 18.3 Å². The first-order chi connectivity index (χ1) is 11.6. The summed E-state index contributed by atoms with van der Waals surface area (Å²) >= 11 is 1.40. The third-order valence-corrected chi connectivity index (χ3v) is 4.81. The summed E-state index contributed by atoms with van der Waals surface area (Å²) in [6, 6.07) is 6.79. The molecule has 24 heavy (non-hydrogen) atoms. The number of amides is 2. The van der Waals surface area contributed by atoms with Crippen LogP contribution in [0.25, 0.3) is 0 Å². The van der Waals surface area contributed by atoms with Crippen LogP contribution in [0.2, 0.25) is 0 Å². The van der Waals surface area contributed by atoms with E-state index < -0.39 is 0 Å². The molecule has 0 bridgehead atoms. The number of carbonyl (C=O) groups is 1. The molecular formula is C16H21N5O2S. The minimum absolute atomic E-state index is 0.338. The van der Waals surface area contributed by atoms with Gasteiger partial charge in [-0.25, -0.2) is 4.79 Å². The fourth-order valence-corrected chi connectivity index (χ4v) is 3.47. The lowest BCUT2D eigenvalue weighted by molar-refractivity contribution is 0.262. The van der Waals surface area contributed by atoms with Crippen LogP contribution in [-0.2, 0) is 0 Å². The Hall–Kier alpha value is -2.35. The topological polar surface area (TPSA) is 79.4 Å². The molecule has 0 saturated carbocycles. The zero-order chi connectivity index (χ0) is 16.9. The van der Waals surface area contributed by atoms with Crippen LogP contribution in [0.1, 0.15) is 19.8 Å². The van der Waals surface area contributed by atoms with Crippen molar-refractivity contribution in [1.82, 2.24) is 10.2 Å². The van der Waals surface area contributed by atoms with Gasteiger partial charge in [-0.05, 0) is 43.0 Å². The van der Waals surface area contributed by atoms with Gasteiger partial charge in [0.2, 0.25) is 10.3 Å². The van der Waals surface area contributed by atoms with Crippen molar-refractivity contribution in [3.8, 4) is 5.75 Å². The fraction of sp³-hybridized carbons (Fsp3) is 0.438. The van der Waals surface area contributed by atoms with Gasteiger partial charge in [0.1, 0.15) is 5.75 Å². The Kier molecular flexibility index (Phi) is 5.14. The van der Waals surface area contributed by atoms with E-state index in [-0.39, 0.29) is 6.03 Å². The number of aromatic nitrogens is 2. The molecule has 1 atom stereocenters. The van der Waals surface area contributed by atoms with Crippen molar-refractivity contribution in [3.63, 3.8) is 0 Å². The standard InChI is InChI=1S/C16H21N5O2S/c1-11-4-3-9-21(10-11)16-20-19-15(24-16)18-14(22)17-12-5-7-13(23-2)8-6-12/h5-8,11H,3-4,9-10H2,1-2H3,(H2,17,18,19,22). The van der Waals surface area contributed by atoms with Crippen LogP contribution in [0, 0.1) is 5.92 Å². The number of nitrogens with one attached hydrogen (secondary N) is 2. The monoisotopic (exact) mass is 347 g/mol. The molecule has 1 aromatic carbocycles. The highest BCUT2D eigenvalue weighted by molar-refractivity contribution is 7.19. The predicted molar refractivity (Wildman–Crippen MR) is 96.2 cm³/mol. The first-order valence-electron chi connectivity index (χ1n) is 7.94. The van der Waals surface area contributed by atoms with E-state index >= 15 is 0 Å². The number of anilines is 3. The molecule has 0 radical (unpaired) electrons. The van der Waals surface area contributed by atoms with Crippen molar-refractivity contribution < 1.29 is 9.53 Å². The van der Waals surface area contributed by atoms with Gasteiger partial charge in [-0.3, -0.25) is 5.32 Å². The quantitative estimate of drug-likeness (QED) is 0.886. The third-order valence-electron chi connectivity index (χ3n) is 3.91. The molecule has 1 fully saturated rings. The summed E-state index contributed by atoms with van der Waals surface area (Å²) in [6.07, 6.45) is 2.42. The van der Waals surface area contributed by atoms with E-state index in [1.165, 1.54) is 24.2 Å². The van der Waals surface area contributed by atoms with Crippen LogP contribution < -0.4 is 20.3 Å². The maximum Gasteiger partial charge on any atom is 0.325 e. The minimum Gasteiger partial charge on any atom is -0.497 e. The van der Waals surface area contributed by atoms with E-state index in [0.29, 0.717) is 16.7 Å². The van der Waals surface area contributed by atoms with Crippen molar-refractivity contribution in [2.75, 3.05) is 35.7 Å². The summed E-state index contributed by atoms with van der Waals surface area (Å²) in [5.41, 5.74) is 0.683. The summed E-state index contributed by atoms with van der Waals surface area (Å²) in [7, 11) is 1.60. The van der Waals surface area contributed by atoms with Crippen LogP contribution in [0.15, 0.2) is 24.3 Å². The van der Waals surface area contributed by atoms with E-state index in [2.05, 4.69) is 32.7 Å². The van der Waals surface area contributed by atoms with Crippen molar-refractivity contribution in [3.05, 3.63) is 24.3 Å². The van der Waals surface area contributed by atoms with E-state index in [1.54, 1.807) is 31.4 Å². The molecule has 0 spiro atoms. The Labute approximate surface area is 145 Å². The lowest BCUT2D eigenvalue weighted by atomic mass is 10.0. The summed E-state index contributed by atoms with van der Waals surface area (Å²) in [5, 5.41) is 15.1. The van der Waals surface area contributed by atoms with Crippen LogP contribution in [0.3, 0.4) is 0 Å². The zero-order valence-corrected chi connectivity index (χ0v) is 14.6. The number of nitrogens with zero attached hydrogens (tertiary/aromatic N) is 3. The SMILES string of the molecule is COc1ccc(NC(=O)Nc2nnc(N3CCCC(C)C3)s2)cc1. The molecule has 2 heterocycles. The molecule has 3 rings (SSSR count). The van der Waals surface area contributed by atoms with Gasteiger partial charge in [0.15, 0.2) is 0 Å². The number of rotatable bonds is 4. The second kappa shape index (κ2) is 7.48. The van der Waals surface area contributed by atoms with Crippen LogP contribution in [-0.4, -0.2) is 36.4 Å². The molecular weight excluding hydrogens is 326 g/mol. The van der Waals surface area contributed by atoms with Gasteiger partial charge in [-0.15, -0.1) is 10.2 Å². The maximum atomic E-state index is 12.0. The minimum atomic E-state index is -0.338. The Bertz CT molecular complexity index is 688. The average molecular weight is 347 g/mol. The predicted octanol–water partition coefficient (Wildman–Crippen LogP) is 3.43. The molecule has 2 N–H and O–H groups in total. The largest absolute Gasteiger partial charge is 0.497 e. The number of urea groups is 1. The highest BCUT2D eigenvalue weighted by Gasteiger charge is 2.20. The molecule has 2 amide bonds. The first-order valence-corrected chi connectivity index (χ1v) is 8.76.